The van der Waals surface area contributed by atoms with Crippen LogP contribution in [-0.4, -0.2) is 11.7 Å². The molecule has 2 rings (SSSR count). The van der Waals surface area contributed by atoms with Crippen molar-refractivity contribution in [3.63, 3.8) is 0 Å². The van der Waals surface area contributed by atoms with Gasteiger partial charge in [-0.05, 0) is 37.6 Å². The third-order valence-electron chi connectivity index (χ3n) is 2.79. The van der Waals surface area contributed by atoms with Gasteiger partial charge in [0.05, 0.1) is 19.1 Å². The molecule has 0 aliphatic heterocycles. The first-order valence-electron chi connectivity index (χ1n) is 5.63. The zero-order valence-electron chi connectivity index (χ0n) is 10.0. The molecule has 0 radical (unpaired) electrons. The summed E-state index contributed by atoms with van der Waals surface area (Å²) in [5, 5.41) is 10.5. The third kappa shape index (κ3) is 2.34. The van der Waals surface area contributed by atoms with Gasteiger partial charge in [-0.15, -0.1) is 0 Å². The minimum absolute atomic E-state index is 0.608. The Hall–Kier alpha value is -1.74. The molecule has 0 amide bonds. The van der Waals surface area contributed by atoms with E-state index in [1.165, 1.54) is 0 Å². The van der Waals surface area contributed by atoms with Gasteiger partial charge in [0.15, 0.2) is 0 Å². The maximum atomic E-state index is 10.5. The van der Waals surface area contributed by atoms with Gasteiger partial charge in [0.1, 0.15) is 11.4 Å². The summed E-state index contributed by atoms with van der Waals surface area (Å²) in [5.41, 5.74) is 0.441. The lowest BCUT2D eigenvalue weighted by Gasteiger charge is -2.22. The Balaban J connectivity index is 2.36. The van der Waals surface area contributed by atoms with Gasteiger partial charge in [-0.2, -0.15) is 0 Å². The Morgan fingerprint density at radius 3 is 2.76 bits per heavy atom. The lowest BCUT2D eigenvalue weighted by molar-refractivity contribution is 0.101. The van der Waals surface area contributed by atoms with E-state index in [1.807, 2.05) is 31.2 Å². The van der Waals surface area contributed by atoms with Crippen LogP contribution >= 0.6 is 0 Å². The molecule has 1 unspecified atom stereocenters. The molecule has 1 atom stereocenters. The molecule has 3 nitrogen and oxygen atoms in total. The van der Waals surface area contributed by atoms with Crippen LogP contribution in [0.5, 0.6) is 5.75 Å². The first kappa shape index (κ1) is 11.7. The van der Waals surface area contributed by atoms with E-state index < -0.39 is 5.60 Å². The van der Waals surface area contributed by atoms with E-state index in [-0.39, 0.29) is 0 Å². The number of aliphatic hydroxyl groups is 1. The van der Waals surface area contributed by atoms with Gasteiger partial charge >= 0.3 is 0 Å². The maximum Gasteiger partial charge on any atom is 0.119 e. The van der Waals surface area contributed by atoms with Crippen molar-refractivity contribution in [1.82, 2.24) is 0 Å². The second kappa shape index (κ2) is 4.63. The number of hydrogen-bond acceptors (Lipinski definition) is 3. The number of ether oxygens (including phenoxy) is 1. The molecule has 3 heteroatoms. The number of benzene rings is 1. The van der Waals surface area contributed by atoms with E-state index >= 15 is 0 Å². The highest BCUT2D eigenvalue weighted by molar-refractivity contribution is 5.38. The summed E-state index contributed by atoms with van der Waals surface area (Å²) in [7, 11) is 0. The highest BCUT2D eigenvalue weighted by Crippen LogP contribution is 2.31. The van der Waals surface area contributed by atoms with E-state index in [0.717, 1.165) is 16.9 Å². The first-order valence-corrected chi connectivity index (χ1v) is 5.63. The highest BCUT2D eigenvalue weighted by atomic mass is 16.5. The summed E-state index contributed by atoms with van der Waals surface area (Å²) in [6.07, 6.45) is 3.10. The molecule has 0 saturated heterocycles. The first-order chi connectivity index (χ1) is 8.14. The van der Waals surface area contributed by atoms with Crippen LogP contribution in [0.1, 0.15) is 25.0 Å². The fourth-order valence-corrected chi connectivity index (χ4v) is 1.76. The molecule has 1 aromatic carbocycles. The molecule has 1 N–H and O–H groups in total. The molecule has 0 spiro atoms. The Labute approximate surface area is 101 Å². The van der Waals surface area contributed by atoms with Gasteiger partial charge in [-0.25, -0.2) is 0 Å². The van der Waals surface area contributed by atoms with Gasteiger partial charge in [0.25, 0.3) is 0 Å². The summed E-state index contributed by atoms with van der Waals surface area (Å²) < 4.78 is 10.4. The van der Waals surface area contributed by atoms with Crippen molar-refractivity contribution >= 4 is 0 Å². The van der Waals surface area contributed by atoms with Crippen molar-refractivity contribution in [3.05, 3.63) is 54.0 Å². The van der Waals surface area contributed by atoms with Gasteiger partial charge in [-0.3, -0.25) is 0 Å². The Morgan fingerprint density at radius 2 is 2.12 bits per heavy atom. The predicted molar refractivity (Wildman–Crippen MR) is 65.0 cm³/mol. The van der Waals surface area contributed by atoms with Gasteiger partial charge in [0.2, 0.25) is 0 Å². The normalized spacial score (nSPS) is 14.3. The van der Waals surface area contributed by atoms with Crippen LogP contribution in [0.15, 0.2) is 47.3 Å². The molecule has 0 bridgehead atoms. The average molecular weight is 232 g/mol. The molecular formula is C14H16O3. The summed E-state index contributed by atoms with van der Waals surface area (Å²) >= 11 is 0. The molecule has 0 aliphatic rings. The fourth-order valence-electron chi connectivity index (χ4n) is 1.76. The average Bonchev–Trinajstić information content (AvgIpc) is 2.84. The number of rotatable bonds is 4. The molecule has 0 fully saturated rings. The van der Waals surface area contributed by atoms with Gasteiger partial charge < -0.3 is 14.3 Å². The standard InChI is InChI=1S/C14H16O3/c1-3-17-13-6-4-5-11(9-13)14(2,15)12-7-8-16-10-12/h4-10,15H,3H2,1-2H3. The van der Waals surface area contributed by atoms with Crippen molar-refractivity contribution in [2.24, 2.45) is 0 Å². The second-order valence-electron chi connectivity index (χ2n) is 4.05. The van der Waals surface area contributed by atoms with E-state index in [4.69, 9.17) is 9.15 Å². The van der Waals surface area contributed by atoms with Gasteiger partial charge in [0, 0.05) is 5.56 Å². The highest BCUT2D eigenvalue weighted by Gasteiger charge is 2.26. The maximum absolute atomic E-state index is 10.5. The molecule has 17 heavy (non-hydrogen) atoms. The topological polar surface area (TPSA) is 42.6 Å². The van der Waals surface area contributed by atoms with Crippen LogP contribution in [0.4, 0.5) is 0 Å². The number of furan rings is 1. The van der Waals surface area contributed by atoms with Crippen molar-refractivity contribution in [3.8, 4) is 5.75 Å². The summed E-state index contributed by atoms with van der Waals surface area (Å²) in [5.74, 6) is 0.758. The van der Waals surface area contributed by atoms with Crippen molar-refractivity contribution < 1.29 is 14.3 Å². The van der Waals surface area contributed by atoms with Gasteiger partial charge in [-0.1, -0.05) is 12.1 Å². The van der Waals surface area contributed by atoms with Crippen LogP contribution in [0.25, 0.3) is 0 Å². The van der Waals surface area contributed by atoms with Crippen LogP contribution in [0.2, 0.25) is 0 Å². The molecule has 0 aliphatic carbocycles. The minimum atomic E-state index is -1.07. The monoisotopic (exact) mass is 232 g/mol. The van der Waals surface area contributed by atoms with Crippen LogP contribution in [-0.2, 0) is 5.60 Å². The quantitative estimate of drug-likeness (QED) is 0.881. The van der Waals surface area contributed by atoms with E-state index in [1.54, 1.807) is 25.5 Å². The largest absolute Gasteiger partial charge is 0.494 e. The Morgan fingerprint density at radius 1 is 1.29 bits per heavy atom. The van der Waals surface area contributed by atoms with E-state index in [9.17, 15) is 5.11 Å². The van der Waals surface area contributed by atoms with Crippen molar-refractivity contribution in [1.29, 1.82) is 0 Å². The zero-order valence-corrected chi connectivity index (χ0v) is 10.0. The lowest BCUT2D eigenvalue weighted by Crippen LogP contribution is -2.21. The van der Waals surface area contributed by atoms with Crippen LogP contribution in [0.3, 0.4) is 0 Å². The number of hydrogen-bond donors (Lipinski definition) is 1. The molecular weight excluding hydrogens is 216 g/mol. The molecule has 90 valence electrons. The van der Waals surface area contributed by atoms with Crippen LogP contribution in [0, 0.1) is 0 Å². The molecule has 1 aromatic heterocycles. The summed E-state index contributed by atoms with van der Waals surface area (Å²) in [6, 6.07) is 9.21. The zero-order chi connectivity index (χ0) is 12.3. The summed E-state index contributed by atoms with van der Waals surface area (Å²) in [6.45, 7) is 4.28. The predicted octanol–water partition coefficient (Wildman–Crippen LogP) is 2.93. The smallest absolute Gasteiger partial charge is 0.119 e. The van der Waals surface area contributed by atoms with Crippen molar-refractivity contribution in [2.75, 3.05) is 6.61 Å². The SMILES string of the molecule is CCOc1cccc(C(C)(O)c2ccoc2)c1. The minimum Gasteiger partial charge on any atom is -0.494 e. The van der Waals surface area contributed by atoms with E-state index in [0.29, 0.717) is 6.61 Å². The lowest BCUT2D eigenvalue weighted by atomic mass is 9.90. The molecule has 0 saturated carbocycles. The van der Waals surface area contributed by atoms with Crippen molar-refractivity contribution in [2.45, 2.75) is 19.4 Å². The van der Waals surface area contributed by atoms with Crippen LogP contribution < -0.4 is 4.74 Å². The van der Waals surface area contributed by atoms with E-state index in [2.05, 4.69) is 0 Å². The molecule has 2 aromatic rings. The second-order valence-corrected chi connectivity index (χ2v) is 4.05. The molecule has 1 heterocycles. The Kier molecular flexibility index (Phi) is 3.20. The Bertz CT molecular complexity index is 472. The third-order valence-corrected chi connectivity index (χ3v) is 2.79. The summed E-state index contributed by atoms with van der Waals surface area (Å²) in [4.78, 5) is 0. The fraction of sp³-hybridized carbons (Fsp3) is 0.286.